The third-order valence-corrected chi connectivity index (χ3v) is 8.89. The van der Waals surface area contributed by atoms with Gasteiger partial charge in [-0.2, -0.15) is 0 Å². The van der Waals surface area contributed by atoms with Gasteiger partial charge in [0.05, 0.1) is 27.8 Å². The Kier molecular flexibility index (Phi) is 7.17. The molecule has 4 N–H and O–H groups in total. The highest BCUT2D eigenvalue weighted by Crippen LogP contribution is 2.39. The van der Waals surface area contributed by atoms with Crippen molar-refractivity contribution < 1.29 is 19.4 Å². The van der Waals surface area contributed by atoms with Gasteiger partial charge in [0.1, 0.15) is 5.69 Å². The molecule has 5 rings (SSSR count). The number of thiophene rings is 1. The fourth-order valence-corrected chi connectivity index (χ4v) is 6.02. The number of hydrogen-bond donors (Lipinski definition) is 3. The van der Waals surface area contributed by atoms with Crippen LogP contribution in [0.15, 0.2) is 42.6 Å². The molecule has 1 aromatic carbocycles. The second-order valence-electron chi connectivity index (χ2n) is 10.3. The molecule has 200 valence electrons. The maximum absolute atomic E-state index is 12.9. The molecule has 0 bridgehead atoms. The number of benzene rings is 1. The molecule has 0 saturated carbocycles. The zero-order valence-corrected chi connectivity index (χ0v) is 22.8. The van der Waals surface area contributed by atoms with Gasteiger partial charge < -0.3 is 25.8 Å². The second-order valence-corrected chi connectivity index (χ2v) is 11.8. The number of rotatable bonds is 9. The lowest BCUT2D eigenvalue weighted by Gasteiger charge is -2.41. The number of ether oxygens (including phenoxy) is 1. The number of amides is 1. The van der Waals surface area contributed by atoms with Crippen molar-refractivity contribution in [2.75, 3.05) is 32.0 Å². The van der Waals surface area contributed by atoms with E-state index in [1.807, 2.05) is 12.1 Å². The topological polar surface area (TPSA) is 131 Å². The minimum absolute atomic E-state index is 0.0945. The van der Waals surface area contributed by atoms with Gasteiger partial charge in [0.15, 0.2) is 0 Å². The predicted molar refractivity (Wildman–Crippen MR) is 148 cm³/mol. The van der Waals surface area contributed by atoms with E-state index in [1.54, 1.807) is 12.1 Å². The summed E-state index contributed by atoms with van der Waals surface area (Å²) in [6, 6.07) is 7.11. The summed E-state index contributed by atoms with van der Waals surface area (Å²) < 4.78 is 6.22. The molecule has 2 aliphatic rings. The molecule has 11 heteroatoms. The van der Waals surface area contributed by atoms with E-state index in [9.17, 15) is 14.7 Å². The van der Waals surface area contributed by atoms with Crippen LogP contribution in [0, 0.1) is 5.41 Å². The highest BCUT2D eigenvalue weighted by atomic mass is 35.5. The van der Waals surface area contributed by atoms with Gasteiger partial charge in [-0.1, -0.05) is 24.6 Å². The van der Waals surface area contributed by atoms with Gasteiger partial charge in [0.2, 0.25) is 11.5 Å². The molecule has 1 fully saturated rings. The second kappa shape index (κ2) is 10.3. The Labute approximate surface area is 229 Å². The van der Waals surface area contributed by atoms with E-state index in [-0.39, 0.29) is 5.41 Å². The van der Waals surface area contributed by atoms with Crippen molar-refractivity contribution in [2.45, 2.75) is 37.9 Å². The fraction of sp³-hybridized carbons (Fsp3) is 0.407. The van der Waals surface area contributed by atoms with Gasteiger partial charge in [-0.3, -0.25) is 4.79 Å². The number of nitrogens with one attached hydrogen (secondary N) is 1. The van der Waals surface area contributed by atoms with Crippen LogP contribution in [-0.2, 0) is 9.53 Å². The number of nitrogens with two attached hydrogens (primary N) is 1. The number of anilines is 1. The smallest absolute Gasteiger partial charge is 0.340 e. The van der Waals surface area contributed by atoms with Crippen LogP contribution in [0.2, 0.25) is 5.02 Å². The number of carbonyl (C=O) groups is 2. The van der Waals surface area contributed by atoms with Crippen LogP contribution in [0.25, 0.3) is 20.7 Å². The largest absolute Gasteiger partial charge is 0.437 e. The number of hydrogen-bond acceptors (Lipinski definition) is 9. The molecular formula is C27H30ClN5O4S. The molecule has 3 aromatic rings. The summed E-state index contributed by atoms with van der Waals surface area (Å²) in [5.41, 5.74) is 4.68. The van der Waals surface area contributed by atoms with Crippen molar-refractivity contribution in [1.29, 1.82) is 0 Å². The molecule has 1 unspecified atom stereocenters. The summed E-state index contributed by atoms with van der Waals surface area (Å²) >= 11 is 7.90. The molecule has 1 aliphatic heterocycles. The van der Waals surface area contributed by atoms with Gasteiger partial charge in [-0.25, -0.2) is 14.8 Å². The quantitative estimate of drug-likeness (QED) is 0.268. The minimum atomic E-state index is -1.44. The first-order valence-corrected chi connectivity index (χ1v) is 13.7. The summed E-state index contributed by atoms with van der Waals surface area (Å²) in [7, 11) is 2.11. The Bertz CT molecular complexity index is 1410. The normalized spacial score (nSPS) is 18.7. The number of aliphatic hydroxyl groups excluding tert-OH is 1. The number of halogens is 1. The number of nitrogens with zero attached hydrogens (tertiary/aromatic N) is 3. The maximum atomic E-state index is 12.9. The molecule has 2 aromatic heterocycles. The van der Waals surface area contributed by atoms with Gasteiger partial charge in [-0.15, -0.1) is 11.3 Å². The lowest BCUT2D eigenvalue weighted by molar-refractivity contribution is -0.127. The fourth-order valence-electron chi connectivity index (χ4n) is 4.68. The summed E-state index contributed by atoms with van der Waals surface area (Å²) in [5.74, 6) is -0.966. The van der Waals surface area contributed by atoms with E-state index in [0.29, 0.717) is 40.6 Å². The lowest BCUT2D eigenvalue weighted by Crippen LogP contribution is -2.43. The number of likely N-dealkylation sites (tertiary alicyclic amines) is 1. The zero-order chi connectivity index (χ0) is 27.1. The lowest BCUT2D eigenvalue weighted by atomic mass is 9.74. The molecule has 1 atom stereocenters. The average molecular weight is 556 g/mol. The molecule has 9 nitrogen and oxygen atoms in total. The predicted octanol–water partition coefficient (Wildman–Crippen LogP) is 3.86. The molecule has 38 heavy (non-hydrogen) atoms. The Morgan fingerprint density at radius 1 is 1.32 bits per heavy atom. The number of aliphatic hydroxyl groups is 1. The van der Waals surface area contributed by atoms with E-state index in [2.05, 4.69) is 34.2 Å². The summed E-state index contributed by atoms with van der Waals surface area (Å²) in [6.07, 6.45) is 6.54. The Morgan fingerprint density at radius 2 is 2.05 bits per heavy atom. The van der Waals surface area contributed by atoms with Crippen LogP contribution < -0.4 is 11.1 Å². The van der Waals surface area contributed by atoms with Crippen molar-refractivity contribution in [3.05, 3.63) is 53.2 Å². The Balaban J connectivity index is 1.30. The van der Waals surface area contributed by atoms with Gasteiger partial charge in [0.25, 0.3) is 5.91 Å². The van der Waals surface area contributed by atoms with E-state index < -0.39 is 23.6 Å². The first kappa shape index (κ1) is 26.6. The first-order valence-electron chi connectivity index (χ1n) is 12.5. The van der Waals surface area contributed by atoms with Crippen molar-refractivity contribution in [2.24, 2.45) is 11.1 Å². The first-order chi connectivity index (χ1) is 18.1. The third-order valence-electron chi connectivity index (χ3n) is 7.51. The van der Waals surface area contributed by atoms with Crippen molar-refractivity contribution >= 4 is 50.8 Å². The van der Waals surface area contributed by atoms with Crippen LogP contribution >= 0.6 is 22.9 Å². The molecule has 0 spiro atoms. The highest BCUT2D eigenvalue weighted by molar-refractivity contribution is 7.22. The van der Waals surface area contributed by atoms with Crippen molar-refractivity contribution in [3.8, 4) is 10.6 Å². The molecule has 3 heterocycles. The molecule has 1 saturated heterocycles. The minimum Gasteiger partial charge on any atom is -0.437 e. The van der Waals surface area contributed by atoms with Gasteiger partial charge in [-0.05, 0) is 75.2 Å². The monoisotopic (exact) mass is 555 g/mol. The van der Waals surface area contributed by atoms with E-state index in [4.69, 9.17) is 22.1 Å². The van der Waals surface area contributed by atoms with Gasteiger partial charge >= 0.3 is 5.97 Å². The third kappa shape index (κ3) is 5.26. The Hall–Kier alpha value is -3.05. The molecule has 0 radical (unpaired) electrons. The molecular weight excluding hydrogens is 526 g/mol. The SMILES string of the molecule is CN1CCC(C)(C(O)CCNc2ncc(Cl)c(-c3cc4c(C(=O)OC5(C(N)=O)C=C5)cccc4s3)n2)CC1. The van der Waals surface area contributed by atoms with Gasteiger partial charge in [0, 0.05) is 16.6 Å². The number of esters is 1. The summed E-state index contributed by atoms with van der Waals surface area (Å²) in [6.45, 7) is 4.65. The maximum Gasteiger partial charge on any atom is 0.340 e. The number of carbonyl (C=O) groups excluding carboxylic acids is 2. The number of primary amides is 1. The highest BCUT2D eigenvalue weighted by Gasteiger charge is 2.45. The van der Waals surface area contributed by atoms with Crippen LogP contribution in [0.3, 0.4) is 0 Å². The summed E-state index contributed by atoms with van der Waals surface area (Å²) in [5, 5.41) is 15.1. The average Bonchev–Trinajstić information content (AvgIpc) is 3.55. The van der Waals surface area contributed by atoms with Crippen LogP contribution in [0.1, 0.15) is 36.5 Å². The number of fused-ring (bicyclic) bond motifs is 1. The van der Waals surface area contributed by atoms with Crippen molar-refractivity contribution in [3.63, 3.8) is 0 Å². The van der Waals surface area contributed by atoms with Crippen LogP contribution in [-0.4, -0.2) is 70.2 Å². The van der Waals surface area contributed by atoms with Crippen LogP contribution in [0.5, 0.6) is 0 Å². The Morgan fingerprint density at radius 3 is 2.74 bits per heavy atom. The summed E-state index contributed by atoms with van der Waals surface area (Å²) in [4.78, 5) is 36.5. The van der Waals surface area contributed by atoms with E-state index >= 15 is 0 Å². The van der Waals surface area contributed by atoms with Crippen LogP contribution in [0.4, 0.5) is 5.95 Å². The van der Waals surface area contributed by atoms with Crippen molar-refractivity contribution in [1.82, 2.24) is 14.9 Å². The molecule has 1 aliphatic carbocycles. The van der Waals surface area contributed by atoms with E-state index in [0.717, 1.165) is 35.5 Å². The van der Waals surface area contributed by atoms with E-state index in [1.165, 1.54) is 29.7 Å². The number of aromatic nitrogens is 2. The zero-order valence-electron chi connectivity index (χ0n) is 21.2. The number of piperidine rings is 1. The molecule has 1 amide bonds. The standard InChI is InChI=1S/C27H30ClN5O4S/c1-26(9-12-33(2)13-10-26)21(34)6-11-30-25-31-15-18(28)22(32-25)20-14-17-16(4-3-5-19(17)38-20)23(35)37-27(7-8-27)24(29)36/h3-5,7-8,14-15,21,34H,6,9-13H2,1-2H3,(H2,29,36)(H,30,31,32).